The molecule has 15 heavy (non-hydrogen) atoms. The Labute approximate surface area is 93.0 Å². The van der Waals surface area contributed by atoms with E-state index in [9.17, 15) is 8.42 Å². The molecule has 1 atom stereocenters. The summed E-state index contributed by atoms with van der Waals surface area (Å²) in [7, 11) is 1.33. The first-order chi connectivity index (χ1) is 7.03. The number of rotatable bonds is 6. The van der Waals surface area contributed by atoms with Gasteiger partial charge in [-0.1, -0.05) is 0 Å². The first-order valence-electron chi connectivity index (χ1n) is 5.57. The van der Waals surface area contributed by atoms with Gasteiger partial charge in [0.25, 0.3) is 0 Å². The zero-order valence-corrected chi connectivity index (χ0v) is 10.5. The Morgan fingerprint density at radius 2 is 2.13 bits per heavy atom. The van der Waals surface area contributed by atoms with E-state index in [1.54, 1.807) is 0 Å². The van der Waals surface area contributed by atoms with E-state index in [2.05, 4.69) is 17.3 Å². The lowest BCUT2D eigenvalue weighted by molar-refractivity contribution is 0.308. The fourth-order valence-corrected chi connectivity index (χ4v) is 3.83. The standard InChI is InChI=1S/C10H22N2O2S/c1-11-5-7-12(2)6-3-10-4-8-15(13,14)9-10/h10-11H,3-9H2,1-2H3. The van der Waals surface area contributed by atoms with E-state index in [0.29, 0.717) is 17.4 Å². The molecule has 1 aliphatic rings. The summed E-state index contributed by atoms with van der Waals surface area (Å²) in [5.74, 6) is 1.21. The topological polar surface area (TPSA) is 49.4 Å². The highest BCUT2D eigenvalue weighted by molar-refractivity contribution is 7.91. The first kappa shape index (κ1) is 12.9. The van der Waals surface area contributed by atoms with Gasteiger partial charge >= 0.3 is 0 Å². The Kier molecular flexibility index (Phi) is 5.02. The summed E-state index contributed by atoms with van der Waals surface area (Å²) in [6.45, 7) is 3.01. The average Bonchev–Trinajstić information content (AvgIpc) is 2.52. The van der Waals surface area contributed by atoms with Crippen molar-refractivity contribution in [2.24, 2.45) is 5.92 Å². The lowest BCUT2D eigenvalue weighted by atomic mass is 10.1. The van der Waals surface area contributed by atoms with Crippen LogP contribution in [0.15, 0.2) is 0 Å². The second kappa shape index (κ2) is 5.82. The number of nitrogens with one attached hydrogen (secondary N) is 1. The molecule has 0 aliphatic carbocycles. The van der Waals surface area contributed by atoms with Crippen molar-refractivity contribution >= 4 is 9.84 Å². The minimum atomic E-state index is -2.69. The maximum absolute atomic E-state index is 11.2. The van der Waals surface area contributed by atoms with Gasteiger partial charge in [-0.05, 0) is 39.4 Å². The molecule has 1 rings (SSSR count). The van der Waals surface area contributed by atoms with Gasteiger partial charge in [0, 0.05) is 13.1 Å². The van der Waals surface area contributed by atoms with E-state index in [-0.39, 0.29) is 0 Å². The number of sulfone groups is 1. The monoisotopic (exact) mass is 234 g/mol. The number of nitrogens with zero attached hydrogens (tertiary/aromatic N) is 1. The molecule has 0 aromatic heterocycles. The van der Waals surface area contributed by atoms with Crippen molar-refractivity contribution in [1.29, 1.82) is 0 Å². The van der Waals surface area contributed by atoms with Crippen LogP contribution in [-0.4, -0.2) is 58.6 Å². The molecule has 5 heteroatoms. The molecule has 0 spiro atoms. The number of hydrogen-bond acceptors (Lipinski definition) is 4. The van der Waals surface area contributed by atoms with Gasteiger partial charge in [-0.2, -0.15) is 0 Å². The third-order valence-corrected chi connectivity index (χ3v) is 4.83. The molecular formula is C10H22N2O2S. The van der Waals surface area contributed by atoms with Gasteiger partial charge in [-0.15, -0.1) is 0 Å². The van der Waals surface area contributed by atoms with E-state index in [1.165, 1.54) is 0 Å². The third-order valence-electron chi connectivity index (χ3n) is 2.99. The van der Waals surface area contributed by atoms with Crippen molar-refractivity contribution in [2.75, 3.05) is 45.2 Å². The minimum Gasteiger partial charge on any atom is -0.318 e. The van der Waals surface area contributed by atoms with Gasteiger partial charge in [-0.25, -0.2) is 8.42 Å². The summed E-state index contributed by atoms with van der Waals surface area (Å²) in [4.78, 5) is 2.25. The molecule has 0 amide bonds. The summed E-state index contributed by atoms with van der Waals surface area (Å²) in [6, 6.07) is 0. The van der Waals surface area contributed by atoms with Gasteiger partial charge in [0.2, 0.25) is 0 Å². The molecule has 0 aromatic carbocycles. The lowest BCUT2D eigenvalue weighted by Crippen LogP contribution is -2.29. The van der Waals surface area contributed by atoms with E-state index in [4.69, 9.17) is 0 Å². The Morgan fingerprint density at radius 1 is 1.40 bits per heavy atom. The Balaban J connectivity index is 2.15. The highest BCUT2D eigenvalue weighted by Gasteiger charge is 2.27. The summed E-state index contributed by atoms with van der Waals surface area (Å²) >= 11 is 0. The molecule has 0 bridgehead atoms. The summed E-state index contributed by atoms with van der Waals surface area (Å²) in [5, 5.41) is 3.10. The fourth-order valence-electron chi connectivity index (χ4n) is 1.92. The van der Waals surface area contributed by atoms with Crippen molar-refractivity contribution in [3.63, 3.8) is 0 Å². The quantitative estimate of drug-likeness (QED) is 0.701. The normalized spacial score (nSPS) is 24.9. The summed E-state index contributed by atoms with van der Waals surface area (Å²) in [5.41, 5.74) is 0. The van der Waals surface area contributed by atoms with Crippen LogP contribution in [0.2, 0.25) is 0 Å². The predicted octanol–water partition coefficient (Wildman–Crippen LogP) is -0.0376. The molecule has 4 nitrogen and oxygen atoms in total. The Hall–Kier alpha value is -0.130. The maximum Gasteiger partial charge on any atom is 0.150 e. The van der Waals surface area contributed by atoms with Crippen LogP contribution in [0.5, 0.6) is 0 Å². The first-order valence-corrected chi connectivity index (χ1v) is 7.39. The predicted molar refractivity (Wildman–Crippen MR) is 62.8 cm³/mol. The van der Waals surface area contributed by atoms with Gasteiger partial charge in [0.05, 0.1) is 11.5 Å². The van der Waals surface area contributed by atoms with Crippen molar-refractivity contribution in [1.82, 2.24) is 10.2 Å². The van der Waals surface area contributed by atoms with Crippen LogP contribution in [0.3, 0.4) is 0 Å². The molecule has 90 valence electrons. The number of hydrogen-bond donors (Lipinski definition) is 1. The van der Waals surface area contributed by atoms with Gasteiger partial charge in [-0.3, -0.25) is 0 Å². The van der Waals surface area contributed by atoms with Crippen LogP contribution < -0.4 is 5.32 Å². The summed E-state index contributed by atoms with van der Waals surface area (Å²) in [6.07, 6.45) is 1.88. The van der Waals surface area contributed by atoms with E-state index < -0.39 is 9.84 Å². The molecule has 0 radical (unpaired) electrons. The highest BCUT2D eigenvalue weighted by atomic mass is 32.2. The SMILES string of the molecule is CNCCN(C)CCC1CCS(=O)(=O)C1. The van der Waals surface area contributed by atoms with Crippen molar-refractivity contribution < 1.29 is 8.42 Å². The van der Waals surface area contributed by atoms with Crippen LogP contribution in [0, 0.1) is 5.92 Å². The molecule has 0 aromatic rings. The molecule has 1 heterocycles. The lowest BCUT2D eigenvalue weighted by Gasteiger charge is -2.18. The molecule has 1 fully saturated rings. The second-order valence-electron chi connectivity index (χ2n) is 4.46. The van der Waals surface area contributed by atoms with Gasteiger partial charge in [0.15, 0.2) is 9.84 Å². The molecule has 1 N–H and O–H groups in total. The van der Waals surface area contributed by atoms with E-state index in [1.807, 2.05) is 7.05 Å². The van der Waals surface area contributed by atoms with Crippen molar-refractivity contribution in [3.05, 3.63) is 0 Å². The van der Waals surface area contributed by atoms with Crippen LogP contribution >= 0.6 is 0 Å². The second-order valence-corrected chi connectivity index (χ2v) is 6.69. The van der Waals surface area contributed by atoms with E-state index in [0.717, 1.165) is 32.5 Å². The van der Waals surface area contributed by atoms with Crippen LogP contribution in [-0.2, 0) is 9.84 Å². The molecule has 1 saturated heterocycles. The van der Waals surface area contributed by atoms with Crippen molar-refractivity contribution in [3.8, 4) is 0 Å². The number of likely N-dealkylation sites (N-methyl/N-ethyl adjacent to an activating group) is 2. The van der Waals surface area contributed by atoms with Crippen LogP contribution in [0.4, 0.5) is 0 Å². The fraction of sp³-hybridized carbons (Fsp3) is 1.00. The summed E-state index contributed by atoms with van der Waals surface area (Å²) < 4.78 is 22.5. The Bertz CT molecular complexity index is 277. The van der Waals surface area contributed by atoms with Crippen molar-refractivity contribution in [2.45, 2.75) is 12.8 Å². The molecule has 1 aliphatic heterocycles. The molecule has 0 saturated carbocycles. The van der Waals surface area contributed by atoms with Gasteiger partial charge < -0.3 is 10.2 Å². The zero-order chi connectivity index (χ0) is 11.3. The smallest absolute Gasteiger partial charge is 0.150 e. The average molecular weight is 234 g/mol. The minimum absolute atomic E-state index is 0.395. The zero-order valence-electron chi connectivity index (χ0n) is 9.70. The highest BCUT2D eigenvalue weighted by Crippen LogP contribution is 2.21. The Morgan fingerprint density at radius 3 is 2.67 bits per heavy atom. The van der Waals surface area contributed by atoms with Crippen LogP contribution in [0.1, 0.15) is 12.8 Å². The third kappa shape index (κ3) is 4.95. The van der Waals surface area contributed by atoms with Gasteiger partial charge in [0.1, 0.15) is 0 Å². The molecular weight excluding hydrogens is 212 g/mol. The maximum atomic E-state index is 11.2. The largest absolute Gasteiger partial charge is 0.318 e. The van der Waals surface area contributed by atoms with Crippen LogP contribution in [0.25, 0.3) is 0 Å². The molecule has 1 unspecified atom stereocenters. The van der Waals surface area contributed by atoms with E-state index >= 15 is 0 Å².